The van der Waals surface area contributed by atoms with E-state index in [2.05, 4.69) is 41.9 Å². The minimum Gasteiger partial charge on any atom is -0.369 e. The molecule has 0 aromatic carbocycles. The van der Waals surface area contributed by atoms with Gasteiger partial charge in [-0.05, 0) is 46.1 Å². The molecule has 1 aromatic heterocycles. The molecule has 0 unspecified atom stereocenters. The molecule has 2 saturated heterocycles. The lowest BCUT2D eigenvalue weighted by Crippen LogP contribution is -2.57. The van der Waals surface area contributed by atoms with E-state index in [-0.39, 0.29) is 11.2 Å². The van der Waals surface area contributed by atoms with Crippen molar-refractivity contribution in [1.29, 1.82) is 0 Å². The van der Waals surface area contributed by atoms with Crippen LogP contribution in [0, 0.1) is 5.92 Å². The van der Waals surface area contributed by atoms with E-state index >= 15 is 0 Å². The van der Waals surface area contributed by atoms with Crippen LogP contribution in [-0.2, 0) is 11.3 Å². The van der Waals surface area contributed by atoms with Gasteiger partial charge in [0.2, 0.25) is 0 Å². The molecule has 0 amide bonds. The van der Waals surface area contributed by atoms with Gasteiger partial charge in [-0.2, -0.15) is 5.10 Å². The molecule has 2 fully saturated rings. The highest BCUT2D eigenvalue weighted by Crippen LogP contribution is 2.43. The molecule has 4 nitrogen and oxygen atoms in total. The Morgan fingerprint density at radius 2 is 2.26 bits per heavy atom. The Kier molecular flexibility index (Phi) is 3.18. The van der Waals surface area contributed by atoms with E-state index in [1.165, 1.54) is 18.5 Å². The molecule has 2 aliphatic heterocycles. The fraction of sp³-hybridized carbons (Fsp3) is 0.800. The zero-order valence-corrected chi connectivity index (χ0v) is 12.3. The number of hydrogen-bond donors (Lipinski definition) is 1. The summed E-state index contributed by atoms with van der Waals surface area (Å²) in [5.41, 5.74) is 1.34. The van der Waals surface area contributed by atoms with Gasteiger partial charge in [0.1, 0.15) is 0 Å². The molecule has 1 N–H and O–H groups in total. The van der Waals surface area contributed by atoms with Crippen molar-refractivity contribution < 1.29 is 4.74 Å². The third kappa shape index (κ3) is 2.70. The van der Waals surface area contributed by atoms with Crippen molar-refractivity contribution in [3.63, 3.8) is 0 Å². The third-order valence-corrected chi connectivity index (χ3v) is 4.82. The van der Waals surface area contributed by atoms with Crippen LogP contribution in [-0.4, -0.2) is 39.4 Å². The van der Waals surface area contributed by atoms with Crippen LogP contribution in [0.3, 0.4) is 0 Å². The number of nitrogens with one attached hydrogen (secondary N) is 1. The molecule has 3 rings (SSSR count). The molecule has 0 spiro atoms. The second-order valence-electron chi connectivity index (χ2n) is 6.98. The maximum atomic E-state index is 6.40. The Morgan fingerprint density at radius 1 is 1.42 bits per heavy atom. The zero-order valence-electron chi connectivity index (χ0n) is 12.3. The number of piperidine rings is 1. The summed E-state index contributed by atoms with van der Waals surface area (Å²) in [6.45, 7) is 10.0. The van der Waals surface area contributed by atoms with Crippen molar-refractivity contribution in [2.24, 2.45) is 5.92 Å². The molecule has 3 heterocycles. The predicted molar refractivity (Wildman–Crippen MR) is 74.8 cm³/mol. The molecule has 4 heteroatoms. The van der Waals surface area contributed by atoms with Crippen LogP contribution in [0.4, 0.5) is 0 Å². The SMILES string of the molecule is CC1(C)CC[C@H]2CN(Cc3ccn[nH]3)CC[C@@]2(C)O1. The normalized spacial score (nSPS) is 35.0. The van der Waals surface area contributed by atoms with Crippen LogP contribution in [0.2, 0.25) is 0 Å². The summed E-state index contributed by atoms with van der Waals surface area (Å²) >= 11 is 0. The van der Waals surface area contributed by atoms with E-state index in [0.717, 1.165) is 26.1 Å². The molecule has 0 bridgehead atoms. The number of aromatic amines is 1. The number of hydrogen-bond acceptors (Lipinski definition) is 3. The standard InChI is InChI=1S/C15H25N3O/c1-14(2)6-4-12-10-18(9-7-15(12,3)19-14)11-13-5-8-16-17-13/h5,8,12H,4,6-7,9-11H2,1-3H3,(H,16,17)/t12-,15+/m0/s1. The van der Waals surface area contributed by atoms with Crippen molar-refractivity contribution in [2.75, 3.05) is 13.1 Å². The van der Waals surface area contributed by atoms with Crippen LogP contribution in [0.5, 0.6) is 0 Å². The minimum atomic E-state index is 0.0524. The molecular formula is C15H25N3O. The largest absolute Gasteiger partial charge is 0.369 e. The average Bonchev–Trinajstić information content (AvgIpc) is 2.81. The summed E-state index contributed by atoms with van der Waals surface area (Å²) < 4.78 is 6.40. The fourth-order valence-electron chi connectivity index (χ4n) is 3.67. The van der Waals surface area contributed by atoms with Crippen LogP contribution in [0.25, 0.3) is 0 Å². The Labute approximate surface area is 115 Å². The molecule has 2 atom stereocenters. The van der Waals surface area contributed by atoms with Gasteiger partial charge in [-0.1, -0.05) is 0 Å². The molecule has 0 saturated carbocycles. The van der Waals surface area contributed by atoms with E-state index < -0.39 is 0 Å². The van der Waals surface area contributed by atoms with Crippen molar-refractivity contribution in [1.82, 2.24) is 15.1 Å². The fourth-order valence-corrected chi connectivity index (χ4v) is 3.67. The Morgan fingerprint density at radius 3 is 3.00 bits per heavy atom. The molecule has 106 valence electrons. The van der Waals surface area contributed by atoms with Gasteiger partial charge in [-0.15, -0.1) is 0 Å². The van der Waals surface area contributed by atoms with Crippen molar-refractivity contribution in [2.45, 2.75) is 57.8 Å². The number of H-pyrrole nitrogens is 1. The van der Waals surface area contributed by atoms with Gasteiger partial charge in [0, 0.05) is 37.4 Å². The van der Waals surface area contributed by atoms with Gasteiger partial charge in [-0.3, -0.25) is 10.00 Å². The van der Waals surface area contributed by atoms with Crippen LogP contribution in [0.15, 0.2) is 12.3 Å². The van der Waals surface area contributed by atoms with E-state index in [1.54, 1.807) is 0 Å². The van der Waals surface area contributed by atoms with Gasteiger partial charge in [0.05, 0.1) is 11.2 Å². The highest BCUT2D eigenvalue weighted by Gasteiger charge is 2.47. The summed E-state index contributed by atoms with van der Waals surface area (Å²) in [5, 5.41) is 7.08. The van der Waals surface area contributed by atoms with E-state index in [0.29, 0.717) is 5.92 Å². The molecule has 0 radical (unpaired) electrons. The van der Waals surface area contributed by atoms with Gasteiger partial charge in [-0.25, -0.2) is 0 Å². The van der Waals surface area contributed by atoms with Gasteiger partial charge in [0.25, 0.3) is 0 Å². The van der Waals surface area contributed by atoms with Crippen LogP contribution in [0.1, 0.15) is 45.7 Å². The summed E-state index contributed by atoms with van der Waals surface area (Å²) in [4.78, 5) is 2.53. The van der Waals surface area contributed by atoms with E-state index in [1.807, 2.05) is 6.20 Å². The minimum absolute atomic E-state index is 0.0524. The predicted octanol–water partition coefficient (Wildman–Crippen LogP) is 2.58. The average molecular weight is 263 g/mol. The first-order valence-corrected chi connectivity index (χ1v) is 7.38. The van der Waals surface area contributed by atoms with Crippen molar-refractivity contribution in [3.05, 3.63) is 18.0 Å². The summed E-state index contributed by atoms with van der Waals surface area (Å²) in [6, 6.07) is 2.06. The maximum absolute atomic E-state index is 6.40. The van der Waals surface area contributed by atoms with Crippen molar-refractivity contribution in [3.8, 4) is 0 Å². The lowest BCUT2D eigenvalue weighted by Gasteiger charge is -2.53. The number of rotatable bonds is 2. The lowest BCUT2D eigenvalue weighted by atomic mass is 9.74. The van der Waals surface area contributed by atoms with E-state index in [4.69, 9.17) is 4.74 Å². The summed E-state index contributed by atoms with van der Waals surface area (Å²) in [5.74, 6) is 0.664. The Hall–Kier alpha value is -0.870. The Bertz CT molecular complexity index is 429. The lowest BCUT2D eigenvalue weighted by molar-refractivity contribution is -0.214. The number of aromatic nitrogens is 2. The first-order valence-electron chi connectivity index (χ1n) is 7.38. The van der Waals surface area contributed by atoms with Gasteiger partial charge >= 0.3 is 0 Å². The molecule has 2 aliphatic rings. The second kappa shape index (κ2) is 4.60. The molecule has 1 aromatic rings. The van der Waals surface area contributed by atoms with E-state index in [9.17, 15) is 0 Å². The molecule has 19 heavy (non-hydrogen) atoms. The van der Waals surface area contributed by atoms with Crippen LogP contribution >= 0.6 is 0 Å². The number of fused-ring (bicyclic) bond motifs is 1. The number of ether oxygens (including phenoxy) is 1. The summed E-state index contributed by atoms with van der Waals surface area (Å²) in [7, 11) is 0. The first-order chi connectivity index (χ1) is 8.97. The second-order valence-corrected chi connectivity index (χ2v) is 6.98. The number of nitrogens with zero attached hydrogens (tertiary/aromatic N) is 2. The highest BCUT2D eigenvalue weighted by molar-refractivity contribution is 5.01. The number of likely N-dealkylation sites (tertiary alicyclic amines) is 1. The maximum Gasteiger partial charge on any atom is 0.0714 e. The van der Waals surface area contributed by atoms with Gasteiger partial charge in [0.15, 0.2) is 0 Å². The monoisotopic (exact) mass is 263 g/mol. The molecular weight excluding hydrogens is 238 g/mol. The highest BCUT2D eigenvalue weighted by atomic mass is 16.5. The quantitative estimate of drug-likeness (QED) is 0.891. The first kappa shape index (κ1) is 13.1. The van der Waals surface area contributed by atoms with Crippen LogP contribution < -0.4 is 0 Å². The van der Waals surface area contributed by atoms with Crippen molar-refractivity contribution >= 4 is 0 Å². The third-order valence-electron chi connectivity index (χ3n) is 4.82. The summed E-state index contributed by atoms with van der Waals surface area (Å²) in [6.07, 6.45) is 5.42. The smallest absolute Gasteiger partial charge is 0.0714 e. The molecule has 0 aliphatic carbocycles. The topological polar surface area (TPSA) is 41.2 Å². The van der Waals surface area contributed by atoms with Gasteiger partial charge < -0.3 is 4.74 Å². The Balaban J connectivity index is 1.65. The zero-order chi connectivity index (χ0) is 13.5.